The van der Waals surface area contributed by atoms with Crippen LogP contribution in [0.15, 0.2) is 18.2 Å². The Morgan fingerprint density at radius 3 is 2.71 bits per heavy atom. The fourth-order valence-electron chi connectivity index (χ4n) is 1.72. The van der Waals surface area contributed by atoms with Crippen molar-refractivity contribution in [2.75, 3.05) is 17.1 Å². The summed E-state index contributed by atoms with van der Waals surface area (Å²) >= 11 is 0. The van der Waals surface area contributed by atoms with E-state index in [1.165, 1.54) is 4.31 Å². The maximum Gasteiger partial charge on any atom is 0.241 e. The molecule has 0 bridgehead atoms. The van der Waals surface area contributed by atoms with Crippen LogP contribution in [0.2, 0.25) is 0 Å². The Hall–Kier alpha value is -1.23. The van der Waals surface area contributed by atoms with Gasteiger partial charge in [0, 0.05) is 12.7 Å². The van der Waals surface area contributed by atoms with Crippen LogP contribution in [0.1, 0.15) is 17.7 Å². The van der Waals surface area contributed by atoms with Gasteiger partial charge in [0.05, 0.1) is 5.69 Å². The molecule has 0 saturated carbocycles. The standard InChI is InChI=1S/C9H12N2O2S/c1-6-8-5-7(10)3-4-9(8)11(2)14(6,12)13/h3-6H,10H2,1-2H3. The van der Waals surface area contributed by atoms with Gasteiger partial charge in [0.25, 0.3) is 0 Å². The predicted octanol–water partition coefficient (Wildman–Crippen LogP) is 1.11. The highest BCUT2D eigenvalue weighted by molar-refractivity contribution is 7.93. The van der Waals surface area contributed by atoms with E-state index in [4.69, 9.17) is 5.73 Å². The maximum absolute atomic E-state index is 11.7. The monoisotopic (exact) mass is 212 g/mol. The lowest BCUT2D eigenvalue weighted by molar-refractivity contribution is 0.589. The zero-order valence-electron chi connectivity index (χ0n) is 8.06. The number of nitrogens with two attached hydrogens (primary N) is 1. The first kappa shape index (κ1) is 9.33. The Labute approximate surface area is 83.4 Å². The highest BCUT2D eigenvalue weighted by Gasteiger charge is 2.37. The molecule has 0 saturated heterocycles. The summed E-state index contributed by atoms with van der Waals surface area (Å²) in [6, 6.07) is 5.18. The third-order valence-electron chi connectivity index (χ3n) is 2.66. The maximum atomic E-state index is 11.7. The van der Waals surface area contributed by atoms with Gasteiger partial charge in [0.1, 0.15) is 5.25 Å². The molecule has 14 heavy (non-hydrogen) atoms. The van der Waals surface area contributed by atoms with Gasteiger partial charge in [0.2, 0.25) is 10.0 Å². The highest BCUT2D eigenvalue weighted by Crippen LogP contribution is 2.41. The molecule has 1 atom stereocenters. The summed E-state index contributed by atoms with van der Waals surface area (Å²) in [7, 11) is -1.64. The van der Waals surface area contributed by atoms with Crippen LogP contribution < -0.4 is 10.0 Å². The number of fused-ring (bicyclic) bond motifs is 1. The molecule has 0 amide bonds. The molecule has 2 rings (SSSR count). The Kier molecular flexibility index (Phi) is 1.75. The molecule has 0 radical (unpaired) electrons. The normalized spacial score (nSPS) is 23.6. The van der Waals surface area contributed by atoms with Gasteiger partial charge in [0.15, 0.2) is 0 Å². The van der Waals surface area contributed by atoms with Crippen LogP contribution in [0.3, 0.4) is 0 Å². The van der Waals surface area contributed by atoms with Gasteiger partial charge in [-0.15, -0.1) is 0 Å². The van der Waals surface area contributed by atoms with Gasteiger partial charge in [-0.05, 0) is 30.7 Å². The molecule has 1 heterocycles. The van der Waals surface area contributed by atoms with Gasteiger partial charge >= 0.3 is 0 Å². The van der Waals surface area contributed by atoms with E-state index >= 15 is 0 Å². The van der Waals surface area contributed by atoms with E-state index in [0.29, 0.717) is 5.69 Å². The minimum atomic E-state index is -3.20. The molecular formula is C9H12N2O2S. The number of benzene rings is 1. The Morgan fingerprint density at radius 2 is 2.07 bits per heavy atom. The molecular weight excluding hydrogens is 200 g/mol. The van der Waals surface area contributed by atoms with E-state index in [9.17, 15) is 8.42 Å². The fraction of sp³-hybridized carbons (Fsp3) is 0.333. The molecule has 1 unspecified atom stereocenters. The molecule has 0 fully saturated rings. The Bertz CT molecular complexity index is 482. The lowest BCUT2D eigenvalue weighted by Crippen LogP contribution is -2.22. The van der Waals surface area contributed by atoms with Crippen LogP contribution in [0.4, 0.5) is 11.4 Å². The first-order valence-corrected chi connectivity index (χ1v) is 5.82. The lowest BCUT2D eigenvalue weighted by atomic mass is 10.1. The number of hydrogen-bond donors (Lipinski definition) is 1. The van der Waals surface area contributed by atoms with Gasteiger partial charge in [-0.1, -0.05) is 0 Å². The number of nitrogen functional groups attached to an aromatic ring is 1. The molecule has 1 aromatic rings. The third-order valence-corrected chi connectivity index (χ3v) is 4.76. The summed E-state index contributed by atoms with van der Waals surface area (Å²) in [5.74, 6) is 0. The van der Waals surface area contributed by atoms with E-state index in [0.717, 1.165) is 11.3 Å². The zero-order valence-corrected chi connectivity index (χ0v) is 8.88. The van der Waals surface area contributed by atoms with Crippen molar-refractivity contribution in [3.8, 4) is 0 Å². The van der Waals surface area contributed by atoms with Crippen LogP contribution in [0.25, 0.3) is 0 Å². The van der Waals surface area contributed by atoms with Crippen molar-refractivity contribution >= 4 is 21.4 Å². The molecule has 1 aliphatic rings. The van der Waals surface area contributed by atoms with Gasteiger partial charge < -0.3 is 5.73 Å². The molecule has 4 nitrogen and oxygen atoms in total. The minimum absolute atomic E-state index is 0.494. The third kappa shape index (κ3) is 1.02. The largest absolute Gasteiger partial charge is 0.399 e. The highest BCUT2D eigenvalue weighted by atomic mass is 32.2. The van der Waals surface area contributed by atoms with Gasteiger partial charge in [-0.3, -0.25) is 4.31 Å². The van der Waals surface area contributed by atoms with E-state index in [2.05, 4.69) is 0 Å². The first-order valence-electron chi connectivity index (χ1n) is 4.32. The van der Waals surface area contributed by atoms with Crippen molar-refractivity contribution in [3.63, 3.8) is 0 Å². The average Bonchev–Trinajstić information content (AvgIpc) is 2.29. The molecule has 2 N–H and O–H groups in total. The summed E-state index contributed by atoms with van der Waals surface area (Å²) in [5, 5.41) is -0.494. The van der Waals surface area contributed by atoms with Crippen molar-refractivity contribution < 1.29 is 8.42 Å². The van der Waals surface area contributed by atoms with E-state index < -0.39 is 15.3 Å². The number of hydrogen-bond acceptors (Lipinski definition) is 3. The summed E-state index contributed by atoms with van der Waals surface area (Å²) in [6.45, 7) is 1.68. The number of rotatable bonds is 0. The Balaban J connectivity index is 2.71. The summed E-state index contributed by atoms with van der Waals surface area (Å²) < 4.78 is 24.8. The van der Waals surface area contributed by atoms with Crippen molar-refractivity contribution in [1.82, 2.24) is 0 Å². The SMILES string of the molecule is CC1c2cc(N)ccc2N(C)S1(=O)=O. The molecule has 0 aliphatic carbocycles. The second-order valence-corrected chi connectivity index (χ2v) is 5.76. The van der Waals surface area contributed by atoms with Crippen LogP contribution in [-0.4, -0.2) is 15.5 Å². The number of sulfonamides is 1. The Morgan fingerprint density at radius 1 is 1.43 bits per heavy atom. The molecule has 0 aromatic heterocycles. The summed E-state index contributed by atoms with van der Waals surface area (Å²) in [5.41, 5.74) is 7.73. The van der Waals surface area contributed by atoms with Crippen LogP contribution in [0, 0.1) is 0 Å². The summed E-state index contributed by atoms with van der Waals surface area (Å²) in [6.07, 6.45) is 0. The van der Waals surface area contributed by atoms with E-state index in [-0.39, 0.29) is 0 Å². The van der Waals surface area contributed by atoms with Crippen LogP contribution in [-0.2, 0) is 10.0 Å². The van der Waals surface area contributed by atoms with Gasteiger partial charge in [-0.2, -0.15) is 0 Å². The van der Waals surface area contributed by atoms with Crippen LogP contribution >= 0.6 is 0 Å². The van der Waals surface area contributed by atoms with E-state index in [1.54, 1.807) is 32.2 Å². The first-order chi connectivity index (χ1) is 6.44. The fourth-order valence-corrected chi connectivity index (χ4v) is 3.14. The minimum Gasteiger partial charge on any atom is -0.399 e. The lowest BCUT2D eigenvalue weighted by Gasteiger charge is -2.11. The molecule has 5 heteroatoms. The quantitative estimate of drug-likeness (QED) is 0.655. The zero-order chi connectivity index (χ0) is 10.5. The van der Waals surface area contributed by atoms with Crippen molar-refractivity contribution in [3.05, 3.63) is 23.8 Å². The van der Waals surface area contributed by atoms with Crippen LogP contribution in [0.5, 0.6) is 0 Å². The number of anilines is 2. The molecule has 1 aliphatic heterocycles. The summed E-state index contributed by atoms with van der Waals surface area (Å²) in [4.78, 5) is 0. The van der Waals surface area contributed by atoms with Crippen molar-refractivity contribution in [1.29, 1.82) is 0 Å². The smallest absolute Gasteiger partial charge is 0.241 e. The van der Waals surface area contributed by atoms with Crippen molar-refractivity contribution in [2.24, 2.45) is 0 Å². The van der Waals surface area contributed by atoms with Crippen molar-refractivity contribution in [2.45, 2.75) is 12.2 Å². The predicted molar refractivity (Wildman–Crippen MR) is 56.6 cm³/mol. The topological polar surface area (TPSA) is 63.4 Å². The molecule has 0 spiro atoms. The second-order valence-electron chi connectivity index (χ2n) is 3.47. The average molecular weight is 212 g/mol. The second kappa shape index (κ2) is 2.63. The van der Waals surface area contributed by atoms with Gasteiger partial charge in [-0.25, -0.2) is 8.42 Å². The number of nitrogens with zero attached hydrogens (tertiary/aromatic N) is 1. The molecule has 1 aromatic carbocycles. The molecule has 76 valence electrons. The van der Waals surface area contributed by atoms with E-state index in [1.807, 2.05) is 0 Å².